The first-order valence-corrected chi connectivity index (χ1v) is 9.78. The van der Waals surface area contributed by atoms with Crippen LogP contribution in [0.4, 0.5) is 0 Å². The number of rotatable bonds is 5. The topological polar surface area (TPSA) is 105 Å². The molecule has 1 amide bonds. The van der Waals surface area contributed by atoms with Crippen molar-refractivity contribution in [1.29, 1.82) is 0 Å². The number of nitrogens with zero attached hydrogens (tertiary/aromatic N) is 3. The molecule has 3 N–H and O–H groups in total. The number of hydrogen-bond donors (Lipinski definition) is 3. The molecule has 4 rings (SSSR count). The molecule has 0 aliphatic carbocycles. The van der Waals surface area contributed by atoms with E-state index in [9.17, 15) is 19.8 Å². The summed E-state index contributed by atoms with van der Waals surface area (Å²) in [6.07, 6.45) is 0.519. The van der Waals surface area contributed by atoms with E-state index in [0.717, 1.165) is 25.1 Å². The highest BCUT2D eigenvalue weighted by Gasteiger charge is 2.56. The number of hydrogen-bond acceptors (Lipinski definition) is 6. The van der Waals surface area contributed by atoms with Gasteiger partial charge in [-0.3, -0.25) is 14.6 Å². The second kappa shape index (κ2) is 7.44. The zero-order valence-corrected chi connectivity index (χ0v) is 15.8. The predicted octanol–water partition coefficient (Wildman–Crippen LogP) is -0.401. The van der Waals surface area contributed by atoms with Gasteiger partial charge >= 0.3 is 5.97 Å². The molecule has 28 heavy (non-hydrogen) atoms. The number of carbonyl (C=O) groups excluding carboxylic acids is 1. The Hall–Kier alpha value is -2.00. The van der Waals surface area contributed by atoms with Crippen LogP contribution in [0.5, 0.6) is 0 Å². The van der Waals surface area contributed by atoms with Crippen molar-refractivity contribution in [2.75, 3.05) is 39.3 Å². The van der Waals surface area contributed by atoms with Crippen LogP contribution >= 0.6 is 0 Å². The third kappa shape index (κ3) is 3.53. The molecule has 8 heteroatoms. The summed E-state index contributed by atoms with van der Waals surface area (Å²) in [6, 6.07) is 7.24. The molecule has 3 fully saturated rings. The Labute approximate surface area is 164 Å². The van der Waals surface area contributed by atoms with E-state index in [1.165, 1.54) is 0 Å². The zero-order chi connectivity index (χ0) is 19.9. The number of β-amino-alcohol motifs (C(OH)–C–C–N with tert-alkyl or cyclic N) is 1. The van der Waals surface area contributed by atoms with Crippen LogP contribution in [0.25, 0.3) is 0 Å². The molecule has 2 unspecified atom stereocenters. The van der Waals surface area contributed by atoms with Crippen molar-refractivity contribution in [2.24, 2.45) is 0 Å². The van der Waals surface area contributed by atoms with Crippen LogP contribution in [0.3, 0.4) is 0 Å². The number of likely N-dealkylation sites (tertiary alicyclic amines) is 1. The van der Waals surface area contributed by atoms with Crippen molar-refractivity contribution in [1.82, 2.24) is 14.7 Å². The molecule has 8 nitrogen and oxygen atoms in total. The Morgan fingerprint density at radius 2 is 1.96 bits per heavy atom. The van der Waals surface area contributed by atoms with Crippen LogP contribution in [-0.2, 0) is 11.3 Å². The molecule has 1 aromatic rings. The van der Waals surface area contributed by atoms with Gasteiger partial charge in [-0.1, -0.05) is 12.1 Å². The van der Waals surface area contributed by atoms with Crippen LogP contribution in [-0.4, -0.2) is 98.9 Å². The lowest BCUT2D eigenvalue weighted by Gasteiger charge is -2.61. The predicted molar refractivity (Wildman–Crippen MR) is 101 cm³/mol. The summed E-state index contributed by atoms with van der Waals surface area (Å²) in [6.45, 7) is 3.96. The van der Waals surface area contributed by atoms with Crippen LogP contribution in [0.15, 0.2) is 24.3 Å². The first-order chi connectivity index (χ1) is 13.4. The van der Waals surface area contributed by atoms with E-state index in [-0.39, 0.29) is 42.2 Å². The second-order valence-corrected chi connectivity index (χ2v) is 8.32. The Bertz CT molecular complexity index is 764. The summed E-state index contributed by atoms with van der Waals surface area (Å²) in [5, 5.41) is 28.4. The average Bonchev–Trinajstić information content (AvgIpc) is 2.99. The Kier molecular flexibility index (Phi) is 5.13. The highest BCUT2D eigenvalue weighted by molar-refractivity contribution is 5.87. The summed E-state index contributed by atoms with van der Waals surface area (Å²) in [7, 11) is 0. The quantitative estimate of drug-likeness (QED) is 0.629. The number of amides is 1. The number of benzene rings is 1. The molecule has 2 atom stereocenters. The average molecular weight is 389 g/mol. The number of carbonyl (C=O) groups is 2. The minimum atomic E-state index is -0.931. The highest BCUT2D eigenvalue weighted by atomic mass is 16.4. The van der Waals surface area contributed by atoms with E-state index < -0.39 is 5.97 Å². The molecule has 1 aromatic carbocycles. The summed E-state index contributed by atoms with van der Waals surface area (Å²) in [4.78, 5) is 29.8. The largest absolute Gasteiger partial charge is 0.478 e. The van der Waals surface area contributed by atoms with Gasteiger partial charge in [-0.25, -0.2) is 4.79 Å². The van der Waals surface area contributed by atoms with Crippen LogP contribution < -0.4 is 0 Å². The molecule has 3 aliphatic rings. The molecule has 0 aromatic heterocycles. The summed E-state index contributed by atoms with van der Waals surface area (Å²) < 4.78 is 0. The third-order valence-electron chi connectivity index (χ3n) is 6.22. The van der Waals surface area contributed by atoms with Crippen LogP contribution in [0.1, 0.15) is 28.8 Å². The number of fused-ring (bicyclic) bond motifs is 2. The minimum Gasteiger partial charge on any atom is -0.478 e. The number of aliphatic hydroxyl groups excluding tert-OH is 2. The Balaban J connectivity index is 1.49. The number of piperazine rings is 1. The number of aromatic carboxylic acids is 1. The smallest absolute Gasteiger partial charge is 0.335 e. The molecular formula is C20H27N3O5. The molecule has 3 aliphatic heterocycles. The lowest BCUT2D eigenvalue weighted by molar-refractivity contribution is -0.157. The maximum absolute atomic E-state index is 12.1. The summed E-state index contributed by atoms with van der Waals surface area (Å²) >= 11 is 0. The normalized spacial score (nSPS) is 26.9. The van der Waals surface area contributed by atoms with Gasteiger partial charge in [0.2, 0.25) is 5.91 Å². The third-order valence-corrected chi connectivity index (χ3v) is 6.22. The van der Waals surface area contributed by atoms with Gasteiger partial charge in [0.15, 0.2) is 0 Å². The fraction of sp³-hybridized carbons (Fsp3) is 0.600. The molecule has 0 bridgehead atoms. The van der Waals surface area contributed by atoms with E-state index in [1.807, 2.05) is 6.07 Å². The van der Waals surface area contributed by atoms with E-state index in [1.54, 1.807) is 23.1 Å². The standard InChI is InChI=1S/C20H27N3O5/c24-5-4-18(26)22-12-20(13-22)11-21(9-16-7-17(25)10-23(16)20)8-14-2-1-3-15(6-14)19(27)28/h1-3,6,16-17,24-25H,4-5,7-13H2,(H,27,28). The number of carboxylic acids is 1. The van der Waals surface area contributed by atoms with Gasteiger partial charge in [-0.2, -0.15) is 0 Å². The lowest BCUT2D eigenvalue weighted by Crippen LogP contribution is -2.78. The molecule has 152 valence electrons. The van der Waals surface area contributed by atoms with Gasteiger partial charge in [-0.05, 0) is 24.1 Å². The van der Waals surface area contributed by atoms with Gasteiger partial charge in [0, 0.05) is 51.7 Å². The zero-order valence-electron chi connectivity index (χ0n) is 15.8. The number of carboxylic acid groups (broad SMARTS) is 1. The molecule has 0 saturated carbocycles. The minimum absolute atomic E-state index is 0.0318. The van der Waals surface area contributed by atoms with Crippen molar-refractivity contribution in [3.63, 3.8) is 0 Å². The van der Waals surface area contributed by atoms with Crippen LogP contribution in [0.2, 0.25) is 0 Å². The van der Waals surface area contributed by atoms with E-state index >= 15 is 0 Å². The van der Waals surface area contributed by atoms with Crippen molar-refractivity contribution < 1.29 is 24.9 Å². The SMILES string of the molecule is O=C(O)c1cccc(CN2CC3CC(O)CN3C3(C2)CN(C(=O)CCO)C3)c1. The van der Waals surface area contributed by atoms with Crippen LogP contribution in [0, 0.1) is 0 Å². The fourth-order valence-corrected chi connectivity index (χ4v) is 5.07. The maximum Gasteiger partial charge on any atom is 0.335 e. The van der Waals surface area contributed by atoms with Gasteiger partial charge < -0.3 is 20.2 Å². The summed E-state index contributed by atoms with van der Waals surface area (Å²) in [5.41, 5.74) is 1.07. The number of aliphatic hydroxyl groups is 2. The molecule has 1 spiro atoms. The lowest BCUT2D eigenvalue weighted by atomic mass is 9.83. The first-order valence-electron chi connectivity index (χ1n) is 9.78. The van der Waals surface area contributed by atoms with Gasteiger partial charge in [-0.15, -0.1) is 0 Å². The highest BCUT2D eigenvalue weighted by Crippen LogP contribution is 2.39. The van der Waals surface area contributed by atoms with Gasteiger partial charge in [0.1, 0.15) is 0 Å². The van der Waals surface area contributed by atoms with Crippen molar-refractivity contribution in [2.45, 2.75) is 37.1 Å². The van der Waals surface area contributed by atoms with E-state index in [2.05, 4.69) is 9.80 Å². The van der Waals surface area contributed by atoms with Gasteiger partial charge in [0.25, 0.3) is 0 Å². The van der Waals surface area contributed by atoms with Gasteiger partial charge in [0.05, 0.1) is 23.8 Å². The summed E-state index contributed by atoms with van der Waals surface area (Å²) in [5.74, 6) is -0.963. The molecule has 0 radical (unpaired) electrons. The Morgan fingerprint density at radius 3 is 2.68 bits per heavy atom. The Morgan fingerprint density at radius 1 is 1.18 bits per heavy atom. The van der Waals surface area contributed by atoms with E-state index in [4.69, 9.17) is 5.11 Å². The van der Waals surface area contributed by atoms with Crippen molar-refractivity contribution in [3.05, 3.63) is 35.4 Å². The molecular weight excluding hydrogens is 362 g/mol. The maximum atomic E-state index is 12.1. The van der Waals surface area contributed by atoms with Crippen molar-refractivity contribution >= 4 is 11.9 Å². The monoisotopic (exact) mass is 389 g/mol. The fourth-order valence-electron chi connectivity index (χ4n) is 5.07. The van der Waals surface area contributed by atoms with Crippen molar-refractivity contribution in [3.8, 4) is 0 Å². The molecule has 3 heterocycles. The van der Waals surface area contributed by atoms with E-state index in [0.29, 0.717) is 26.2 Å². The first kappa shape index (κ1) is 19.3. The second-order valence-electron chi connectivity index (χ2n) is 8.32. The molecule has 3 saturated heterocycles.